The molecule has 1 aliphatic heterocycles. The van der Waals surface area contributed by atoms with Gasteiger partial charge in [-0.05, 0) is 108 Å². The number of nitrogens with zero attached hydrogens (tertiary/aromatic N) is 6. The third kappa shape index (κ3) is 5.63. The third-order valence-electron chi connectivity index (χ3n) is 9.37. The Labute approximate surface area is 246 Å². The first-order valence-corrected chi connectivity index (χ1v) is 15.5. The lowest BCUT2D eigenvalue weighted by Crippen LogP contribution is -2.36. The quantitative estimate of drug-likeness (QED) is 0.232. The highest BCUT2D eigenvalue weighted by atomic mass is 19.1. The summed E-state index contributed by atoms with van der Waals surface area (Å²) in [6.07, 6.45) is 10.8. The number of rotatable bonds is 8. The number of aromatic nitrogens is 5. The molecule has 0 unspecified atom stereocenters. The fraction of sp³-hybridized carbons (Fsp3) is 0.515. The van der Waals surface area contributed by atoms with Gasteiger partial charge in [0.1, 0.15) is 22.9 Å². The van der Waals surface area contributed by atoms with Gasteiger partial charge < -0.3 is 14.8 Å². The minimum atomic E-state index is -0.622. The molecule has 1 saturated heterocycles. The van der Waals surface area contributed by atoms with E-state index >= 15 is 4.39 Å². The number of imidazole rings is 1. The van der Waals surface area contributed by atoms with E-state index in [0.29, 0.717) is 34.6 Å². The van der Waals surface area contributed by atoms with Gasteiger partial charge in [-0.15, -0.1) is 0 Å². The molecule has 7 nitrogen and oxygen atoms in total. The highest BCUT2D eigenvalue weighted by Crippen LogP contribution is 2.45. The van der Waals surface area contributed by atoms with Crippen LogP contribution >= 0.6 is 0 Å². The summed E-state index contributed by atoms with van der Waals surface area (Å²) in [5, 5.41) is 3.14. The summed E-state index contributed by atoms with van der Waals surface area (Å²) in [4.78, 5) is 20.3. The summed E-state index contributed by atoms with van der Waals surface area (Å²) >= 11 is 0. The molecule has 6 rings (SSSR count). The van der Waals surface area contributed by atoms with E-state index in [9.17, 15) is 4.39 Å². The van der Waals surface area contributed by atoms with E-state index < -0.39 is 11.6 Å². The van der Waals surface area contributed by atoms with Crippen LogP contribution in [0.4, 0.5) is 20.5 Å². The lowest BCUT2D eigenvalue weighted by Gasteiger charge is -2.38. The number of fused-ring (bicyclic) bond motifs is 1. The van der Waals surface area contributed by atoms with Crippen molar-refractivity contribution in [2.45, 2.75) is 78.2 Å². The summed E-state index contributed by atoms with van der Waals surface area (Å²) in [5.41, 5.74) is 2.55. The number of nitrogens with one attached hydrogen (secondary N) is 1. The molecular weight excluding hydrogens is 532 g/mol. The van der Waals surface area contributed by atoms with E-state index in [1.54, 1.807) is 6.07 Å². The molecule has 1 saturated carbocycles. The van der Waals surface area contributed by atoms with Crippen molar-refractivity contribution in [3.05, 3.63) is 59.7 Å². The predicted octanol–water partition coefficient (Wildman–Crippen LogP) is 7.81. The van der Waals surface area contributed by atoms with Crippen molar-refractivity contribution in [1.29, 1.82) is 0 Å². The summed E-state index contributed by atoms with van der Waals surface area (Å²) in [6.45, 7) is 11.6. The number of hydrogen-bond donors (Lipinski definition) is 1. The Bertz CT molecular complexity index is 1530. The van der Waals surface area contributed by atoms with Gasteiger partial charge in [0.25, 0.3) is 0 Å². The zero-order valence-corrected chi connectivity index (χ0v) is 25.1. The molecule has 0 radical (unpaired) electrons. The second-order valence-electron chi connectivity index (χ2n) is 12.3. The number of anilines is 2. The molecule has 4 heterocycles. The van der Waals surface area contributed by atoms with Gasteiger partial charge in [0, 0.05) is 17.8 Å². The first-order valence-electron chi connectivity index (χ1n) is 15.5. The highest BCUT2D eigenvalue weighted by Gasteiger charge is 2.34. The number of likely N-dealkylation sites (tertiary alicyclic amines) is 1. The van der Waals surface area contributed by atoms with Gasteiger partial charge in [0.15, 0.2) is 11.6 Å². The minimum absolute atomic E-state index is 0.0267. The molecule has 1 N–H and O–H groups in total. The fourth-order valence-electron chi connectivity index (χ4n) is 7.35. The molecule has 2 fully saturated rings. The van der Waals surface area contributed by atoms with E-state index in [1.165, 1.54) is 63.2 Å². The lowest BCUT2D eigenvalue weighted by atomic mass is 9.72. The Hall–Kier alpha value is -3.46. The maximum absolute atomic E-state index is 15.1. The number of hydrogen-bond acceptors (Lipinski definition) is 6. The largest absolute Gasteiger partial charge is 0.326 e. The average Bonchev–Trinajstić information content (AvgIpc) is 3.63. The molecular formula is C33H41F2N7. The van der Waals surface area contributed by atoms with Gasteiger partial charge in [0.2, 0.25) is 5.95 Å². The normalized spacial score (nSPS) is 17.9. The van der Waals surface area contributed by atoms with Gasteiger partial charge in [-0.25, -0.2) is 28.7 Å². The van der Waals surface area contributed by atoms with Crippen molar-refractivity contribution in [1.82, 2.24) is 29.4 Å². The number of halogens is 2. The Morgan fingerprint density at radius 2 is 1.67 bits per heavy atom. The SMILES string of the molecule is CCN1CCC([C@H](c2ccc(Nc3ncc(F)c(-c4cc(F)c5nc(C)n(C(C)C)c5c4)n3)nc2)C2CCCC2)CC1. The average molecular weight is 574 g/mol. The number of aryl methyl sites for hydroxylation is 1. The Morgan fingerprint density at radius 1 is 0.929 bits per heavy atom. The van der Waals surface area contributed by atoms with Crippen LogP contribution in [0, 0.1) is 30.4 Å². The van der Waals surface area contributed by atoms with Crippen LogP contribution in [0.25, 0.3) is 22.3 Å². The third-order valence-corrected chi connectivity index (χ3v) is 9.37. The van der Waals surface area contributed by atoms with Crippen molar-refractivity contribution in [2.75, 3.05) is 25.0 Å². The van der Waals surface area contributed by atoms with E-state index in [0.717, 1.165) is 18.7 Å². The number of pyridine rings is 1. The summed E-state index contributed by atoms with van der Waals surface area (Å²) < 4.78 is 32.0. The number of piperidine rings is 1. The van der Waals surface area contributed by atoms with Crippen molar-refractivity contribution in [2.24, 2.45) is 11.8 Å². The van der Waals surface area contributed by atoms with E-state index in [-0.39, 0.29) is 23.2 Å². The molecule has 1 atom stereocenters. The van der Waals surface area contributed by atoms with Crippen LogP contribution in [-0.4, -0.2) is 49.0 Å². The molecule has 0 bridgehead atoms. The van der Waals surface area contributed by atoms with Crippen molar-refractivity contribution >= 4 is 22.8 Å². The molecule has 9 heteroatoms. The van der Waals surface area contributed by atoms with Gasteiger partial charge in [0.05, 0.1) is 11.7 Å². The molecule has 1 aromatic carbocycles. The van der Waals surface area contributed by atoms with Crippen LogP contribution in [-0.2, 0) is 0 Å². The Morgan fingerprint density at radius 3 is 2.33 bits per heavy atom. The van der Waals surface area contributed by atoms with Crippen molar-refractivity contribution in [3.8, 4) is 11.3 Å². The fourth-order valence-corrected chi connectivity index (χ4v) is 7.35. The topological polar surface area (TPSA) is 71.8 Å². The maximum Gasteiger partial charge on any atom is 0.229 e. The van der Waals surface area contributed by atoms with Crippen molar-refractivity contribution in [3.63, 3.8) is 0 Å². The van der Waals surface area contributed by atoms with E-state index in [2.05, 4.69) is 38.2 Å². The summed E-state index contributed by atoms with van der Waals surface area (Å²) in [5.74, 6) is 2.33. The van der Waals surface area contributed by atoms with Crippen LogP contribution in [0.2, 0.25) is 0 Å². The Kier molecular flexibility index (Phi) is 8.21. The first-order chi connectivity index (χ1) is 20.3. The van der Waals surface area contributed by atoms with Crippen molar-refractivity contribution < 1.29 is 8.78 Å². The molecule has 3 aromatic heterocycles. The summed E-state index contributed by atoms with van der Waals surface area (Å²) in [6, 6.07) is 7.27. The van der Waals surface area contributed by atoms with Crippen LogP contribution in [0.3, 0.4) is 0 Å². The molecule has 1 aliphatic carbocycles. The Balaban J connectivity index is 1.25. The minimum Gasteiger partial charge on any atom is -0.326 e. The highest BCUT2D eigenvalue weighted by molar-refractivity contribution is 5.83. The van der Waals surface area contributed by atoms with Gasteiger partial charge >= 0.3 is 0 Å². The second-order valence-corrected chi connectivity index (χ2v) is 12.3. The van der Waals surface area contributed by atoms with Gasteiger partial charge in [-0.3, -0.25) is 0 Å². The molecule has 222 valence electrons. The summed E-state index contributed by atoms with van der Waals surface area (Å²) in [7, 11) is 0. The smallest absolute Gasteiger partial charge is 0.229 e. The van der Waals surface area contributed by atoms with Crippen LogP contribution in [0.15, 0.2) is 36.7 Å². The van der Waals surface area contributed by atoms with Crippen LogP contribution in [0.5, 0.6) is 0 Å². The van der Waals surface area contributed by atoms with E-state index in [1.807, 2.05) is 37.6 Å². The zero-order chi connectivity index (χ0) is 29.4. The molecule has 0 amide bonds. The monoisotopic (exact) mass is 573 g/mol. The van der Waals surface area contributed by atoms with Crippen LogP contribution < -0.4 is 5.32 Å². The lowest BCUT2D eigenvalue weighted by molar-refractivity contribution is 0.155. The molecule has 4 aromatic rings. The van der Waals surface area contributed by atoms with Gasteiger partial charge in [-0.2, -0.15) is 0 Å². The first kappa shape index (κ1) is 28.6. The van der Waals surface area contributed by atoms with Crippen LogP contribution in [0.1, 0.15) is 82.6 Å². The maximum atomic E-state index is 15.1. The predicted molar refractivity (Wildman–Crippen MR) is 163 cm³/mol. The van der Waals surface area contributed by atoms with Gasteiger partial charge in [-0.1, -0.05) is 25.8 Å². The second kappa shape index (κ2) is 12.0. The molecule has 42 heavy (non-hydrogen) atoms. The zero-order valence-electron chi connectivity index (χ0n) is 25.1. The molecule has 2 aliphatic rings. The number of benzene rings is 1. The van der Waals surface area contributed by atoms with E-state index in [4.69, 9.17) is 4.98 Å². The standard InChI is InChI=1S/C33H41F2N7/c1-5-41-14-12-23(13-15-41)30(22-8-6-7-9-22)24-10-11-29(36-18-24)39-33-37-19-27(35)31(40-33)25-16-26(34)32-28(17-25)42(20(2)3)21(4)38-32/h10-11,16-20,22-23,30H,5-9,12-15H2,1-4H3,(H,36,37,39,40)/t30-/m1/s1. The molecule has 0 spiro atoms.